The van der Waals surface area contributed by atoms with Crippen LogP contribution in [0.4, 0.5) is 0 Å². The predicted octanol–water partition coefficient (Wildman–Crippen LogP) is 3.29. The molecule has 0 spiro atoms. The van der Waals surface area contributed by atoms with Crippen LogP contribution in [0.5, 0.6) is 0 Å². The average Bonchev–Trinajstić information content (AvgIpc) is 2.81. The monoisotopic (exact) mass is 270 g/mol. The van der Waals surface area contributed by atoms with Gasteiger partial charge in [-0.1, -0.05) is 44.2 Å². The van der Waals surface area contributed by atoms with Crippen molar-refractivity contribution in [1.29, 1.82) is 0 Å². The number of Topliss-reactive ketones (excluding diaryl/α,β-unsaturated/α-hetero) is 1. The third-order valence-electron chi connectivity index (χ3n) is 3.74. The zero-order valence-corrected chi connectivity index (χ0v) is 12.5. The lowest BCUT2D eigenvalue weighted by molar-refractivity contribution is -0.120. The molecule has 2 aromatic rings. The molecule has 0 N–H and O–H groups in total. The van der Waals surface area contributed by atoms with Crippen molar-refractivity contribution >= 4 is 5.78 Å². The van der Waals surface area contributed by atoms with Gasteiger partial charge in [-0.25, -0.2) is 0 Å². The van der Waals surface area contributed by atoms with Gasteiger partial charge >= 0.3 is 0 Å². The summed E-state index contributed by atoms with van der Waals surface area (Å²) in [5.74, 6) is 0.250. The number of hydrogen-bond acceptors (Lipinski definition) is 2. The van der Waals surface area contributed by atoms with Gasteiger partial charge < -0.3 is 0 Å². The van der Waals surface area contributed by atoms with Crippen molar-refractivity contribution in [2.45, 2.75) is 39.0 Å². The van der Waals surface area contributed by atoms with Crippen LogP contribution in [0.2, 0.25) is 0 Å². The lowest BCUT2D eigenvalue weighted by atomic mass is 9.90. The van der Waals surface area contributed by atoms with E-state index in [-0.39, 0.29) is 11.7 Å². The Morgan fingerprint density at radius 3 is 2.50 bits per heavy atom. The first-order chi connectivity index (χ1) is 9.65. The minimum Gasteiger partial charge on any atom is -0.299 e. The molecule has 2 rings (SSSR count). The third kappa shape index (κ3) is 3.16. The number of aryl methyl sites for hydroxylation is 2. The summed E-state index contributed by atoms with van der Waals surface area (Å²) < 4.78 is 1.83. The van der Waals surface area contributed by atoms with E-state index in [1.807, 2.05) is 48.1 Å². The number of hydrogen-bond donors (Lipinski definition) is 0. The summed E-state index contributed by atoms with van der Waals surface area (Å²) in [5, 5.41) is 4.40. The van der Waals surface area contributed by atoms with E-state index in [1.165, 1.54) is 0 Å². The number of aromatic nitrogens is 2. The molecule has 0 amide bonds. The van der Waals surface area contributed by atoms with Crippen LogP contribution in [-0.2, 0) is 24.7 Å². The predicted molar refractivity (Wildman–Crippen MR) is 80.8 cm³/mol. The highest BCUT2D eigenvalue weighted by Gasteiger charge is 2.20. The maximum Gasteiger partial charge on any atom is 0.146 e. The van der Waals surface area contributed by atoms with Crippen molar-refractivity contribution in [1.82, 2.24) is 9.78 Å². The Morgan fingerprint density at radius 1 is 1.25 bits per heavy atom. The molecule has 0 saturated carbocycles. The first-order valence-electron chi connectivity index (χ1n) is 7.25. The van der Waals surface area contributed by atoms with Gasteiger partial charge in [-0.3, -0.25) is 9.48 Å². The molecule has 1 aromatic carbocycles. The smallest absolute Gasteiger partial charge is 0.146 e. The van der Waals surface area contributed by atoms with Crippen LogP contribution in [0, 0.1) is 0 Å². The highest BCUT2D eigenvalue weighted by atomic mass is 16.1. The molecule has 0 fully saturated rings. The van der Waals surface area contributed by atoms with E-state index < -0.39 is 0 Å². The van der Waals surface area contributed by atoms with Crippen LogP contribution in [0.25, 0.3) is 0 Å². The minimum atomic E-state index is -0.0174. The first-order valence-corrected chi connectivity index (χ1v) is 7.25. The Morgan fingerprint density at radius 2 is 1.95 bits per heavy atom. The van der Waals surface area contributed by atoms with Crippen molar-refractivity contribution < 1.29 is 4.79 Å². The quantitative estimate of drug-likeness (QED) is 0.807. The van der Waals surface area contributed by atoms with E-state index in [0.717, 1.165) is 29.8 Å². The van der Waals surface area contributed by atoms with Gasteiger partial charge in [0.2, 0.25) is 0 Å². The molecule has 0 aliphatic heterocycles. The van der Waals surface area contributed by atoms with E-state index in [9.17, 15) is 4.79 Å². The van der Waals surface area contributed by atoms with Crippen LogP contribution >= 0.6 is 0 Å². The maximum absolute atomic E-state index is 12.6. The SMILES string of the molecule is CCc1cc(CC(=O)C(CC)c2ccccc2)n(C)n1. The fraction of sp³-hybridized carbons (Fsp3) is 0.412. The Bertz CT molecular complexity index is 572. The van der Waals surface area contributed by atoms with E-state index >= 15 is 0 Å². The number of carbonyl (C=O) groups is 1. The third-order valence-corrected chi connectivity index (χ3v) is 3.74. The second-order valence-electron chi connectivity index (χ2n) is 5.12. The molecular weight excluding hydrogens is 248 g/mol. The second-order valence-corrected chi connectivity index (χ2v) is 5.12. The van der Waals surface area contributed by atoms with Crippen molar-refractivity contribution in [2.75, 3.05) is 0 Å². The van der Waals surface area contributed by atoms with Gasteiger partial charge in [0.15, 0.2) is 0 Å². The lowest BCUT2D eigenvalue weighted by Crippen LogP contribution is -2.16. The Balaban J connectivity index is 2.15. The maximum atomic E-state index is 12.6. The summed E-state index contributed by atoms with van der Waals surface area (Å²) in [6, 6.07) is 12.1. The summed E-state index contributed by atoms with van der Waals surface area (Å²) in [4.78, 5) is 12.6. The molecule has 0 aliphatic rings. The molecule has 1 heterocycles. The van der Waals surface area contributed by atoms with Crippen LogP contribution in [-0.4, -0.2) is 15.6 Å². The summed E-state index contributed by atoms with van der Waals surface area (Å²) in [5.41, 5.74) is 3.15. The second kappa shape index (κ2) is 6.51. The fourth-order valence-electron chi connectivity index (χ4n) is 2.55. The summed E-state index contributed by atoms with van der Waals surface area (Å²) in [6.07, 6.45) is 2.19. The van der Waals surface area contributed by atoms with Gasteiger partial charge in [0.05, 0.1) is 5.69 Å². The highest BCUT2D eigenvalue weighted by Crippen LogP contribution is 2.22. The Labute approximate surface area is 120 Å². The number of ketones is 1. The normalized spacial score (nSPS) is 12.3. The molecule has 3 heteroatoms. The molecule has 1 aromatic heterocycles. The number of rotatable bonds is 6. The number of benzene rings is 1. The summed E-state index contributed by atoms with van der Waals surface area (Å²) in [6.45, 7) is 4.14. The lowest BCUT2D eigenvalue weighted by Gasteiger charge is -2.14. The molecule has 1 atom stereocenters. The molecule has 0 aliphatic carbocycles. The minimum absolute atomic E-state index is 0.0174. The van der Waals surface area contributed by atoms with Crippen molar-refractivity contribution in [3.05, 3.63) is 53.3 Å². The molecule has 1 unspecified atom stereocenters. The zero-order chi connectivity index (χ0) is 14.5. The molecule has 0 radical (unpaired) electrons. The van der Waals surface area contributed by atoms with Crippen molar-refractivity contribution in [3.63, 3.8) is 0 Å². The Hall–Kier alpha value is -1.90. The average molecular weight is 270 g/mol. The van der Waals surface area contributed by atoms with E-state index in [1.54, 1.807) is 0 Å². The molecular formula is C17H22N2O. The van der Waals surface area contributed by atoms with Gasteiger partial charge in [-0.05, 0) is 24.5 Å². The molecule has 3 nitrogen and oxygen atoms in total. The number of carbonyl (C=O) groups excluding carboxylic acids is 1. The zero-order valence-electron chi connectivity index (χ0n) is 12.5. The van der Waals surface area contributed by atoms with Gasteiger partial charge in [0.1, 0.15) is 5.78 Å². The highest BCUT2D eigenvalue weighted by molar-refractivity contribution is 5.87. The summed E-state index contributed by atoms with van der Waals surface area (Å²) in [7, 11) is 1.91. The van der Waals surface area contributed by atoms with Crippen LogP contribution in [0.1, 0.15) is 43.1 Å². The fourth-order valence-corrected chi connectivity index (χ4v) is 2.55. The van der Waals surface area contributed by atoms with Crippen LogP contribution < -0.4 is 0 Å². The molecule has 106 valence electrons. The van der Waals surface area contributed by atoms with Crippen molar-refractivity contribution in [3.8, 4) is 0 Å². The topological polar surface area (TPSA) is 34.9 Å². The van der Waals surface area contributed by atoms with Gasteiger partial charge in [0.25, 0.3) is 0 Å². The van der Waals surface area contributed by atoms with Gasteiger partial charge in [-0.15, -0.1) is 0 Å². The van der Waals surface area contributed by atoms with E-state index in [4.69, 9.17) is 0 Å². The molecule has 0 saturated heterocycles. The Kier molecular flexibility index (Phi) is 4.72. The van der Waals surface area contributed by atoms with Gasteiger partial charge in [0, 0.05) is 25.1 Å². The van der Waals surface area contributed by atoms with Gasteiger partial charge in [-0.2, -0.15) is 5.10 Å². The first kappa shape index (κ1) is 14.5. The molecule has 0 bridgehead atoms. The van der Waals surface area contributed by atoms with E-state index in [2.05, 4.69) is 18.9 Å². The van der Waals surface area contributed by atoms with Crippen molar-refractivity contribution in [2.24, 2.45) is 7.05 Å². The number of nitrogens with zero attached hydrogens (tertiary/aromatic N) is 2. The van der Waals surface area contributed by atoms with E-state index in [0.29, 0.717) is 6.42 Å². The largest absolute Gasteiger partial charge is 0.299 e. The summed E-state index contributed by atoms with van der Waals surface area (Å²) >= 11 is 0. The van der Waals surface area contributed by atoms with Crippen LogP contribution in [0.15, 0.2) is 36.4 Å². The molecule has 20 heavy (non-hydrogen) atoms. The standard InChI is InChI=1S/C17H22N2O/c1-4-14-11-15(19(3)18-14)12-17(20)16(5-2)13-9-7-6-8-10-13/h6-11,16H,4-5,12H2,1-3H3. The van der Waals surface area contributed by atoms with Crippen LogP contribution in [0.3, 0.4) is 0 Å².